The van der Waals surface area contributed by atoms with Crippen LogP contribution in [0.4, 0.5) is 11.4 Å². The number of amides is 2. The second-order valence-electron chi connectivity index (χ2n) is 8.49. The molecular weight excluding hydrogens is 552 g/mol. The molecule has 0 unspecified atom stereocenters. The largest absolute Gasteiger partial charge is 0.490 e. The van der Waals surface area contributed by atoms with Gasteiger partial charge >= 0.3 is 0 Å². The number of nitrogens with zero attached hydrogens (tertiary/aromatic N) is 2. The maximum absolute atomic E-state index is 13.8. The summed E-state index contributed by atoms with van der Waals surface area (Å²) in [7, 11) is 0. The Hall–Kier alpha value is -3.49. The lowest BCUT2D eigenvalue weighted by Crippen LogP contribution is -2.56. The van der Waals surface area contributed by atoms with Gasteiger partial charge in [0.15, 0.2) is 16.6 Å². The van der Waals surface area contributed by atoms with Crippen LogP contribution in [0.1, 0.15) is 30.5 Å². The number of thiocarbonyl (C=S) groups is 1. The second-order valence-corrected chi connectivity index (χ2v) is 9.71. The van der Waals surface area contributed by atoms with E-state index in [9.17, 15) is 9.59 Å². The molecule has 8 heteroatoms. The van der Waals surface area contributed by atoms with Gasteiger partial charge in [-0.2, -0.15) is 0 Å². The maximum atomic E-state index is 13.8. The summed E-state index contributed by atoms with van der Waals surface area (Å²) in [5.41, 5.74) is 3.84. The van der Waals surface area contributed by atoms with Gasteiger partial charge in [0.25, 0.3) is 11.8 Å². The molecule has 1 aliphatic rings. The highest BCUT2D eigenvalue weighted by Crippen LogP contribution is 2.38. The molecule has 0 bridgehead atoms. The van der Waals surface area contributed by atoms with Crippen LogP contribution in [-0.4, -0.2) is 30.1 Å². The molecule has 37 heavy (non-hydrogen) atoms. The average Bonchev–Trinajstić information content (AvgIpc) is 2.86. The zero-order valence-electron chi connectivity index (χ0n) is 21.1. The molecule has 1 fully saturated rings. The summed E-state index contributed by atoms with van der Waals surface area (Å²) in [6.07, 6.45) is 1.57. The summed E-state index contributed by atoms with van der Waals surface area (Å²) in [6.45, 7) is 8.59. The number of carbonyl (C=O) groups excluding carboxylic acids is 2. The summed E-state index contributed by atoms with van der Waals surface area (Å²) in [6, 6.07) is 18.4. The number of rotatable bonds is 7. The molecule has 6 nitrogen and oxygen atoms in total. The molecule has 0 aliphatic carbocycles. The zero-order valence-corrected chi connectivity index (χ0v) is 23.5. The lowest BCUT2D eigenvalue weighted by atomic mass is 10.0. The average molecular weight is 580 g/mol. The van der Waals surface area contributed by atoms with E-state index in [0.29, 0.717) is 46.1 Å². The van der Waals surface area contributed by atoms with Crippen LogP contribution in [0.3, 0.4) is 0 Å². The fourth-order valence-electron chi connectivity index (χ4n) is 3.96. The number of carbonyl (C=O) groups is 2. The molecule has 3 aromatic rings. The number of aryl methyl sites for hydroxylation is 2. The van der Waals surface area contributed by atoms with Gasteiger partial charge in [-0.15, -0.1) is 0 Å². The van der Waals surface area contributed by atoms with Gasteiger partial charge in [-0.3, -0.25) is 19.4 Å². The first-order valence-corrected chi connectivity index (χ1v) is 13.1. The summed E-state index contributed by atoms with van der Waals surface area (Å²) in [5.74, 6) is 0.0921. The molecule has 0 atom stereocenters. The first-order chi connectivity index (χ1) is 17.7. The SMILES string of the molecule is CCOc1cc(C=C2C(=O)N(c3ccc(C)cc3)C(=S)N(c3ccc(C)cc3)C2=O)cc(Br)c1OCC. The van der Waals surface area contributed by atoms with Crippen LogP contribution in [0.2, 0.25) is 0 Å². The third kappa shape index (κ3) is 5.45. The molecule has 0 N–H and O–H groups in total. The van der Waals surface area contributed by atoms with Crippen LogP contribution >= 0.6 is 28.1 Å². The Morgan fingerprint density at radius 3 is 1.76 bits per heavy atom. The van der Waals surface area contributed by atoms with Crippen LogP contribution in [0.15, 0.2) is 70.7 Å². The Balaban J connectivity index is 1.87. The smallest absolute Gasteiger partial charge is 0.270 e. The van der Waals surface area contributed by atoms with E-state index >= 15 is 0 Å². The van der Waals surface area contributed by atoms with Crippen LogP contribution in [-0.2, 0) is 9.59 Å². The standard InChI is InChI=1S/C29H27BrN2O4S/c1-5-35-25-17-20(16-24(30)26(25)36-6-2)15-23-27(33)31(21-11-7-18(3)8-12-21)29(37)32(28(23)34)22-13-9-19(4)10-14-22/h7-17H,5-6H2,1-4H3. The van der Waals surface area contributed by atoms with E-state index in [1.54, 1.807) is 18.2 Å². The highest BCUT2D eigenvalue weighted by atomic mass is 79.9. The minimum absolute atomic E-state index is 0.0201. The number of hydrogen-bond donors (Lipinski definition) is 0. The van der Waals surface area contributed by atoms with Crippen LogP contribution in [0.25, 0.3) is 6.08 Å². The van der Waals surface area contributed by atoms with Crippen LogP contribution in [0, 0.1) is 13.8 Å². The van der Waals surface area contributed by atoms with E-state index in [1.165, 1.54) is 9.80 Å². The van der Waals surface area contributed by atoms with Crippen LogP contribution < -0.4 is 19.3 Å². The first-order valence-electron chi connectivity index (χ1n) is 11.9. The first kappa shape index (κ1) is 26.6. The molecule has 1 saturated heterocycles. The second kappa shape index (κ2) is 11.3. The molecule has 1 aliphatic heterocycles. The van der Waals surface area contributed by atoms with Gasteiger partial charge in [0.2, 0.25) is 0 Å². The minimum Gasteiger partial charge on any atom is -0.490 e. The fourth-order valence-corrected chi connectivity index (χ4v) is 4.91. The van der Waals surface area contributed by atoms with E-state index in [0.717, 1.165) is 11.1 Å². The van der Waals surface area contributed by atoms with Gasteiger partial charge < -0.3 is 9.47 Å². The Kier molecular flexibility index (Phi) is 8.10. The van der Waals surface area contributed by atoms with E-state index < -0.39 is 11.8 Å². The van der Waals surface area contributed by atoms with E-state index in [-0.39, 0.29) is 10.7 Å². The number of ether oxygens (including phenoxy) is 2. The van der Waals surface area contributed by atoms with Gasteiger partial charge in [-0.25, -0.2) is 0 Å². The predicted molar refractivity (Wildman–Crippen MR) is 154 cm³/mol. The molecule has 0 radical (unpaired) electrons. The van der Waals surface area contributed by atoms with E-state index in [1.807, 2.05) is 76.2 Å². The normalized spacial score (nSPS) is 13.8. The maximum Gasteiger partial charge on any atom is 0.270 e. The monoisotopic (exact) mass is 578 g/mol. The van der Waals surface area contributed by atoms with Crippen molar-refractivity contribution in [3.8, 4) is 11.5 Å². The van der Waals surface area contributed by atoms with Crippen molar-refractivity contribution < 1.29 is 19.1 Å². The summed E-state index contributed by atoms with van der Waals surface area (Å²) < 4.78 is 12.2. The minimum atomic E-state index is -0.495. The molecular formula is C29H27BrN2O4S. The van der Waals surface area contributed by atoms with Gasteiger partial charge in [0, 0.05) is 0 Å². The van der Waals surface area contributed by atoms with Crippen LogP contribution in [0.5, 0.6) is 11.5 Å². The Morgan fingerprint density at radius 2 is 1.30 bits per heavy atom. The molecule has 0 saturated carbocycles. The number of anilines is 2. The van der Waals surface area contributed by atoms with Gasteiger partial charge in [0.1, 0.15) is 5.57 Å². The molecule has 190 valence electrons. The Labute approximate surface area is 230 Å². The van der Waals surface area contributed by atoms with Crippen molar-refractivity contribution in [1.29, 1.82) is 0 Å². The quantitative estimate of drug-likeness (QED) is 0.179. The van der Waals surface area contributed by atoms with Crippen molar-refractivity contribution in [3.63, 3.8) is 0 Å². The highest BCUT2D eigenvalue weighted by Gasteiger charge is 2.41. The summed E-state index contributed by atoms with van der Waals surface area (Å²) >= 11 is 9.25. The molecule has 0 spiro atoms. The number of benzene rings is 3. The lowest BCUT2D eigenvalue weighted by Gasteiger charge is -2.36. The number of halogens is 1. The topological polar surface area (TPSA) is 59.1 Å². The van der Waals surface area contributed by atoms with Crippen molar-refractivity contribution in [2.45, 2.75) is 27.7 Å². The molecule has 1 heterocycles. The summed E-state index contributed by atoms with van der Waals surface area (Å²) in [5, 5.41) is 0.0998. The molecule has 3 aromatic carbocycles. The molecule has 0 aromatic heterocycles. The predicted octanol–water partition coefficient (Wildman–Crippen LogP) is 6.61. The third-order valence-corrected chi connectivity index (χ3v) is 6.72. The van der Waals surface area contributed by atoms with Crippen molar-refractivity contribution in [1.82, 2.24) is 0 Å². The van der Waals surface area contributed by atoms with Crippen molar-refractivity contribution in [3.05, 3.63) is 87.4 Å². The van der Waals surface area contributed by atoms with Gasteiger partial charge in [0.05, 0.1) is 29.1 Å². The fraction of sp³-hybridized carbons (Fsp3) is 0.207. The Morgan fingerprint density at radius 1 is 0.811 bits per heavy atom. The van der Waals surface area contributed by atoms with Crippen molar-refractivity contribution >= 4 is 62.5 Å². The third-order valence-electron chi connectivity index (χ3n) is 5.77. The van der Waals surface area contributed by atoms with Gasteiger partial charge in [-0.1, -0.05) is 35.4 Å². The van der Waals surface area contributed by atoms with Crippen molar-refractivity contribution in [2.75, 3.05) is 23.0 Å². The highest BCUT2D eigenvalue weighted by molar-refractivity contribution is 9.10. The molecule has 4 rings (SSSR count). The van der Waals surface area contributed by atoms with E-state index in [4.69, 9.17) is 21.7 Å². The van der Waals surface area contributed by atoms with Gasteiger partial charge in [-0.05, 0) is 104 Å². The summed E-state index contributed by atoms with van der Waals surface area (Å²) in [4.78, 5) is 30.4. The molecule has 2 amide bonds. The van der Waals surface area contributed by atoms with Crippen molar-refractivity contribution in [2.24, 2.45) is 0 Å². The zero-order chi connectivity index (χ0) is 26.7. The lowest BCUT2D eigenvalue weighted by molar-refractivity contribution is -0.120. The number of hydrogen-bond acceptors (Lipinski definition) is 5. The Bertz CT molecular complexity index is 1310. The van der Waals surface area contributed by atoms with E-state index in [2.05, 4.69) is 15.9 Å².